The zero-order chi connectivity index (χ0) is 23.6. The van der Waals surface area contributed by atoms with E-state index in [0.29, 0.717) is 17.0 Å². The van der Waals surface area contributed by atoms with Crippen molar-refractivity contribution in [3.8, 4) is 17.6 Å². The zero-order valence-corrected chi connectivity index (χ0v) is 17.7. The third kappa shape index (κ3) is 6.42. The standard InChI is InChI=1S/C25H20FN3O4/c1-32-20-12-10-19(11-13-20)28-25(31)18(15-27)14-17-6-2-5-9-23(17)33-16-24(30)29-22-8-4-3-7-21(22)26/h2-14H,16H2,1H3,(H,28,31)(H,29,30)/b18-14-. The lowest BCUT2D eigenvalue weighted by molar-refractivity contribution is -0.118. The number of halogens is 1. The highest BCUT2D eigenvalue weighted by Crippen LogP contribution is 2.22. The van der Waals surface area contributed by atoms with Gasteiger partial charge in [-0.3, -0.25) is 9.59 Å². The number of nitriles is 1. The van der Waals surface area contributed by atoms with Crippen molar-refractivity contribution in [1.82, 2.24) is 0 Å². The van der Waals surface area contributed by atoms with Crippen molar-refractivity contribution in [1.29, 1.82) is 5.26 Å². The molecule has 0 fully saturated rings. The molecular weight excluding hydrogens is 425 g/mol. The molecule has 0 aromatic heterocycles. The summed E-state index contributed by atoms with van der Waals surface area (Å²) in [7, 11) is 1.53. The quantitative estimate of drug-likeness (QED) is 0.395. The lowest BCUT2D eigenvalue weighted by Gasteiger charge is -2.11. The number of nitrogens with zero attached hydrogens (tertiary/aromatic N) is 1. The number of methoxy groups -OCH3 is 1. The fourth-order valence-electron chi connectivity index (χ4n) is 2.80. The van der Waals surface area contributed by atoms with Crippen LogP contribution in [0.25, 0.3) is 6.08 Å². The molecule has 3 rings (SSSR count). The van der Waals surface area contributed by atoms with Crippen molar-refractivity contribution >= 4 is 29.3 Å². The van der Waals surface area contributed by atoms with Crippen molar-refractivity contribution in [2.24, 2.45) is 0 Å². The van der Waals surface area contributed by atoms with Gasteiger partial charge in [-0.1, -0.05) is 30.3 Å². The Morgan fingerprint density at radius 2 is 1.70 bits per heavy atom. The summed E-state index contributed by atoms with van der Waals surface area (Å²) >= 11 is 0. The number of para-hydroxylation sites is 2. The molecule has 8 heteroatoms. The largest absolute Gasteiger partial charge is 0.497 e. The van der Waals surface area contributed by atoms with E-state index in [1.165, 1.54) is 31.4 Å². The van der Waals surface area contributed by atoms with Crippen LogP contribution < -0.4 is 20.1 Å². The first kappa shape index (κ1) is 23.0. The van der Waals surface area contributed by atoms with Gasteiger partial charge in [-0.15, -0.1) is 0 Å². The highest BCUT2D eigenvalue weighted by atomic mass is 19.1. The molecule has 7 nitrogen and oxygen atoms in total. The molecule has 2 N–H and O–H groups in total. The van der Waals surface area contributed by atoms with Crippen LogP contribution in [0, 0.1) is 17.1 Å². The minimum atomic E-state index is -0.602. The summed E-state index contributed by atoms with van der Waals surface area (Å²) in [6.45, 7) is -0.390. The fraction of sp³-hybridized carbons (Fsp3) is 0.0800. The van der Waals surface area contributed by atoms with Gasteiger partial charge in [0.1, 0.15) is 29.0 Å². The van der Waals surface area contributed by atoms with Crippen LogP contribution in [0.1, 0.15) is 5.56 Å². The smallest absolute Gasteiger partial charge is 0.266 e. The van der Waals surface area contributed by atoms with Crippen LogP contribution in [0.15, 0.2) is 78.4 Å². The number of hydrogen-bond acceptors (Lipinski definition) is 5. The lowest BCUT2D eigenvalue weighted by atomic mass is 10.1. The van der Waals surface area contributed by atoms with Crippen LogP contribution >= 0.6 is 0 Å². The van der Waals surface area contributed by atoms with Gasteiger partial charge in [-0.2, -0.15) is 5.26 Å². The number of amides is 2. The van der Waals surface area contributed by atoms with E-state index in [-0.39, 0.29) is 23.6 Å². The van der Waals surface area contributed by atoms with Gasteiger partial charge < -0.3 is 20.1 Å². The Balaban J connectivity index is 1.69. The van der Waals surface area contributed by atoms with Gasteiger partial charge >= 0.3 is 0 Å². The summed E-state index contributed by atoms with van der Waals surface area (Å²) in [5.74, 6) is -0.803. The highest BCUT2D eigenvalue weighted by molar-refractivity contribution is 6.09. The van der Waals surface area contributed by atoms with Crippen molar-refractivity contribution in [3.63, 3.8) is 0 Å². The molecule has 33 heavy (non-hydrogen) atoms. The van der Waals surface area contributed by atoms with E-state index in [0.717, 1.165) is 0 Å². The second-order valence-corrected chi connectivity index (χ2v) is 6.71. The minimum absolute atomic E-state index is 0.0428. The van der Waals surface area contributed by atoms with Gasteiger partial charge in [0.25, 0.3) is 11.8 Å². The number of benzene rings is 3. The molecule has 0 radical (unpaired) electrons. The Labute approximate surface area is 190 Å². The maximum Gasteiger partial charge on any atom is 0.266 e. The monoisotopic (exact) mass is 445 g/mol. The topological polar surface area (TPSA) is 100 Å². The summed E-state index contributed by atoms with van der Waals surface area (Å²) in [6, 6.07) is 20.9. The van der Waals surface area contributed by atoms with Gasteiger partial charge in [0.2, 0.25) is 0 Å². The van der Waals surface area contributed by atoms with Gasteiger partial charge in [0, 0.05) is 11.3 Å². The zero-order valence-electron chi connectivity index (χ0n) is 17.7. The second kappa shape index (κ2) is 11.1. The predicted octanol–water partition coefficient (Wildman–Crippen LogP) is 4.40. The van der Waals surface area contributed by atoms with Crippen molar-refractivity contribution < 1.29 is 23.5 Å². The van der Waals surface area contributed by atoms with Crippen molar-refractivity contribution in [2.75, 3.05) is 24.4 Å². The molecule has 0 saturated heterocycles. The summed E-state index contributed by atoms with van der Waals surface area (Å²) in [5, 5.41) is 14.5. The first-order valence-electron chi connectivity index (χ1n) is 9.83. The Kier molecular flexibility index (Phi) is 7.76. The van der Waals surface area contributed by atoms with Gasteiger partial charge in [0.05, 0.1) is 12.8 Å². The Hall–Kier alpha value is -4.64. The SMILES string of the molecule is COc1ccc(NC(=O)/C(C#N)=C\c2ccccc2OCC(=O)Nc2ccccc2F)cc1. The number of anilines is 2. The minimum Gasteiger partial charge on any atom is -0.497 e. The Morgan fingerprint density at radius 1 is 1.00 bits per heavy atom. The van der Waals surface area contributed by atoms with Crippen LogP contribution in [0.5, 0.6) is 11.5 Å². The van der Waals surface area contributed by atoms with Crippen LogP contribution in [0.3, 0.4) is 0 Å². The first-order valence-corrected chi connectivity index (χ1v) is 9.83. The second-order valence-electron chi connectivity index (χ2n) is 6.71. The average Bonchev–Trinajstić information content (AvgIpc) is 2.83. The molecular formula is C25H20FN3O4. The molecule has 0 aliphatic rings. The summed E-state index contributed by atoms with van der Waals surface area (Å²) in [4.78, 5) is 24.7. The molecule has 0 heterocycles. The molecule has 0 aliphatic carbocycles. The number of carbonyl (C=O) groups is 2. The predicted molar refractivity (Wildman–Crippen MR) is 122 cm³/mol. The van der Waals surface area contributed by atoms with E-state index >= 15 is 0 Å². The normalized spacial score (nSPS) is 10.6. The first-order chi connectivity index (χ1) is 16.0. The number of rotatable bonds is 8. The highest BCUT2D eigenvalue weighted by Gasteiger charge is 2.13. The number of ether oxygens (including phenoxy) is 2. The number of nitrogens with one attached hydrogen (secondary N) is 2. The van der Waals surface area contributed by atoms with Crippen LogP contribution in [-0.4, -0.2) is 25.5 Å². The van der Waals surface area contributed by atoms with E-state index in [1.807, 2.05) is 6.07 Å². The number of carbonyl (C=O) groups excluding carboxylic acids is 2. The molecule has 0 atom stereocenters. The average molecular weight is 445 g/mol. The molecule has 2 amide bonds. The van der Waals surface area contributed by atoms with E-state index < -0.39 is 17.6 Å². The van der Waals surface area contributed by atoms with E-state index in [4.69, 9.17) is 9.47 Å². The third-order valence-corrected chi connectivity index (χ3v) is 4.44. The van der Waals surface area contributed by atoms with Crippen molar-refractivity contribution in [3.05, 3.63) is 89.8 Å². The maximum atomic E-state index is 13.7. The van der Waals surface area contributed by atoms with Gasteiger partial charge in [-0.25, -0.2) is 4.39 Å². The van der Waals surface area contributed by atoms with E-state index in [9.17, 15) is 19.2 Å². The summed E-state index contributed by atoms with van der Waals surface area (Å²) in [6.07, 6.45) is 1.36. The molecule has 0 saturated carbocycles. The molecule has 166 valence electrons. The van der Waals surface area contributed by atoms with Crippen LogP contribution in [0.4, 0.5) is 15.8 Å². The maximum absolute atomic E-state index is 13.7. The number of hydrogen-bond donors (Lipinski definition) is 2. The van der Waals surface area contributed by atoms with E-state index in [1.54, 1.807) is 54.6 Å². The molecule has 3 aromatic rings. The Bertz CT molecular complexity index is 1220. The summed E-state index contributed by atoms with van der Waals surface area (Å²) in [5.41, 5.74) is 0.813. The molecule has 0 unspecified atom stereocenters. The summed E-state index contributed by atoms with van der Waals surface area (Å²) < 4.78 is 24.3. The van der Waals surface area contributed by atoms with Crippen molar-refractivity contribution in [2.45, 2.75) is 0 Å². The molecule has 0 spiro atoms. The third-order valence-electron chi connectivity index (χ3n) is 4.44. The van der Waals surface area contributed by atoms with Crippen LogP contribution in [-0.2, 0) is 9.59 Å². The van der Waals surface area contributed by atoms with E-state index in [2.05, 4.69) is 10.6 Å². The molecule has 0 bridgehead atoms. The molecule has 0 aliphatic heterocycles. The molecule has 3 aromatic carbocycles. The lowest BCUT2D eigenvalue weighted by Crippen LogP contribution is -2.21. The fourth-order valence-corrected chi connectivity index (χ4v) is 2.80. The van der Waals surface area contributed by atoms with Crippen LogP contribution in [0.2, 0.25) is 0 Å². The Morgan fingerprint density at radius 3 is 2.39 bits per heavy atom. The van der Waals surface area contributed by atoms with Gasteiger partial charge in [-0.05, 0) is 48.5 Å². The van der Waals surface area contributed by atoms with Gasteiger partial charge in [0.15, 0.2) is 6.61 Å².